The largest absolute Gasteiger partial charge is 0.368 e. The van der Waals surface area contributed by atoms with Crippen molar-refractivity contribution in [1.29, 1.82) is 0 Å². The van der Waals surface area contributed by atoms with Crippen molar-refractivity contribution in [3.8, 4) is 0 Å². The Hall–Kier alpha value is -3.23. The van der Waals surface area contributed by atoms with Gasteiger partial charge in [0.2, 0.25) is 5.91 Å². The molecule has 2 aliphatic heterocycles. The summed E-state index contributed by atoms with van der Waals surface area (Å²) in [7, 11) is 0. The predicted octanol–water partition coefficient (Wildman–Crippen LogP) is 4.35. The molecular weight excluding hydrogens is 482 g/mol. The number of halogens is 1. The molecule has 0 spiro atoms. The van der Waals surface area contributed by atoms with Crippen molar-refractivity contribution in [2.45, 2.75) is 25.2 Å². The van der Waals surface area contributed by atoms with Gasteiger partial charge >= 0.3 is 0 Å². The van der Waals surface area contributed by atoms with Gasteiger partial charge in [0.1, 0.15) is 11.5 Å². The first-order chi connectivity index (χ1) is 17.1. The summed E-state index contributed by atoms with van der Waals surface area (Å²) < 4.78 is 0. The van der Waals surface area contributed by atoms with Crippen LogP contribution >= 0.6 is 22.9 Å². The molecule has 3 heterocycles. The van der Waals surface area contributed by atoms with Crippen LogP contribution in [0.3, 0.4) is 0 Å². The summed E-state index contributed by atoms with van der Waals surface area (Å²) in [4.78, 5) is 36.5. The highest BCUT2D eigenvalue weighted by molar-refractivity contribution is 7.10. The van der Waals surface area contributed by atoms with Gasteiger partial charge in [-0.05, 0) is 36.6 Å². The van der Waals surface area contributed by atoms with Crippen LogP contribution in [-0.2, 0) is 11.2 Å². The summed E-state index contributed by atoms with van der Waals surface area (Å²) in [6.45, 7) is 2.96. The third-order valence-corrected chi connectivity index (χ3v) is 7.69. The molecule has 0 aliphatic carbocycles. The molecule has 0 unspecified atom stereocenters. The number of likely N-dealkylation sites (tertiary alicyclic amines) is 1. The van der Waals surface area contributed by atoms with Gasteiger partial charge in [0.15, 0.2) is 0 Å². The van der Waals surface area contributed by atoms with Gasteiger partial charge < -0.3 is 15.5 Å². The lowest BCUT2D eigenvalue weighted by Gasteiger charge is -2.31. The first kappa shape index (κ1) is 23.5. The van der Waals surface area contributed by atoms with Crippen LogP contribution in [0.1, 0.15) is 45.4 Å². The molecule has 5 rings (SSSR count). The maximum atomic E-state index is 12.8. The van der Waals surface area contributed by atoms with E-state index in [1.165, 1.54) is 11.3 Å². The van der Waals surface area contributed by atoms with Crippen LogP contribution in [0.15, 0.2) is 58.9 Å². The first-order valence-corrected chi connectivity index (χ1v) is 13.0. The number of hydrogen-bond acceptors (Lipinski definition) is 6. The fraction of sp³-hybridized carbons (Fsp3) is 0.308. The summed E-state index contributed by atoms with van der Waals surface area (Å²) in [6, 6.07) is 15.1. The highest BCUT2D eigenvalue weighted by atomic mass is 35.5. The van der Waals surface area contributed by atoms with Crippen LogP contribution in [0.25, 0.3) is 0 Å². The number of anilines is 1. The zero-order valence-corrected chi connectivity index (χ0v) is 20.7. The van der Waals surface area contributed by atoms with Gasteiger partial charge in [0, 0.05) is 47.2 Å². The first-order valence-electron chi connectivity index (χ1n) is 11.7. The molecular formula is C26H26ClN5O2S. The van der Waals surface area contributed by atoms with Gasteiger partial charge in [0.25, 0.3) is 5.91 Å². The number of hydrogen-bond donors (Lipinski definition) is 2. The Balaban J connectivity index is 1.16. The maximum Gasteiger partial charge on any atom is 0.275 e. The summed E-state index contributed by atoms with van der Waals surface area (Å²) in [6.07, 6.45) is 1.98. The molecule has 2 aromatic carbocycles. The topological polar surface area (TPSA) is 86.7 Å². The van der Waals surface area contributed by atoms with Crippen molar-refractivity contribution in [3.63, 3.8) is 0 Å². The minimum atomic E-state index is -0.224. The standard InChI is InChI=1S/C26H26ClN5O2S/c27-21-7-2-1-4-18(21)15-23(33)32-12-8-17(9-13-32)26-31-22(16-35-26)25(34)30-20-6-3-5-19(14-20)24-28-10-11-29-24/h1-7,14,16-17H,8-13,15H2,(H,28,29)(H,30,34). The van der Waals surface area contributed by atoms with Crippen LogP contribution in [0.2, 0.25) is 5.02 Å². The van der Waals surface area contributed by atoms with Crippen molar-refractivity contribution in [1.82, 2.24) is 15.2 Å². The highest BCUT2D eigenvalue weighted by Crippen LogP contribution is 2.31. The van der Waals surface area contributed by atoms with E-state index in [0.29, 0.717) is 35.9 Å². The molecule has 2 N–H and O–H groups in total. The van der Waals surface area contributed by atoms with Crippen LogP contribution in [0.4, 0.5) is 5.69 Å². The lowest BCUT2D eigenvalue weighted by molar-refractivity contribution is -0.131. The number of aromatic nitrogens is 1. The second-order valence-electron chi connectivity index (χ2n) is 8.69. The van der Waals surface area contributed by atoms with E-state index in [1.54, 1.807) is 0 Å². The summed E-state index contributed by atoms with van der Waals surface area (Å²) in [5.41, 5.74) is 2.94. The number of aliphatic imine (C=N–C) groups is 1. The SMILES string of the molecule is O=C(Nc1cccc(C2=NCCN2)c1)c1csc(C2CCN(C(=O)Cc3ccccc3Cl)CC2)n1. The van der Waals surface area contributed by atoms with Gasteiger partial charge in [-0.2, -0.15) is 0 Å². The van der Waals surface area contributed by atoms with E-state index in [4.69, 9.17) is 11.6 Å². The second-order valence-corrected chi connectivity index (χ2v) is 9.98. The van der Waals surface area contributed by atoms with Gasteiger partial charge in [-0.15, -0.1) is 11.3 Å². The molecule has 3 aromatic rings. The molecule has 7 nitrogen and oxygen atoms in total. The van der Waals surface area contributed by atoms with Gasteiger partial charge in [-0.1, -0.05) is 41.9 Å². The summed E-state index contributed by atoms with van der Waals surface area (Å²) in [5.74, 6) is 0.976. The quantitative estimate of drug-likeness (QED) is 0.519. The summed E-state index contributed by atoms with van der Waals surface area (Å²) in [5, 5.41) is 9.58. The lowest BCUT2D eigenvalue weighted by Crippen LogP contribution is -2.38. The Bertz CT molecular complexity index is 1270. The van der Waals surface area contributed by atoms with Crippen molar-refractivity contribution in [2.75, 3.05) is 31.5 Å². The van der Waals surface area contributed by atoms with Crippen molar-refractivity contribution < 1.29 is 9.59 Å². The molecule has 0 bridgehead atoms. The molecule has 1 saturated heterocycles. The molecule has 2 aliphatic rings. The summed E-state index contributed by atoms with van der Waals surface area (Å²) >= 11 is 7.72. The minimum Gasteiger partial charge on any atom is -0.368 e. The fourth-order valence-electron chi connectivity index (χ4n) is 4.40. The number of amides is 2. The molecule has 1 fully saturated rings. The van der Waals surface area contributed by atoms with Crippen LogP contribution in [-0.4, -0.2) is 53.7 Å². The zero-order chi connectivity index (χ0) is 24.2. The third-order valence-electron chi connectivity index (χ3n) is 6.32. The van der Waals surface area contributed by atoms with Gasteiger partial charge in [0.05, 0.1) is 18.0 Å². The Morgan fingerprint density at radius 2 is 1.97 bits per heavy atom. The number of nitrogens with one attached hydrogen (secondary N) is 2. The molecule has 9 heteroatoms. The molecule has 0 radical (unpaired) electrons. The van der Waals surface area contributed by atoms with Crippen LogP contribution in [0, 0.1) is 0 Å². The number of benzene rings is 2. The second kappa shape index (κ2) is 10.6. The number of thiazole rings is 1. The monoisotopic (exact) mass is 507 g/mol. The van der Waals surface area contributed by atoms with E-state index in [1.807, 2.05) is 58.8 Å². The molecule has 0 atom stereocenters. The fourth-order valence-corrected chi connectivity index (χ4v) is 5.58. The Morgan fingerprint density at radius 3 is 2.74 bits per heavy atom. The van der Waals surface area contributed by atoms with E-state index in [9.17, 15) is 9.59 Å². The average Bonchev–Trinajstić information content (AvgIpc) is 3.59. The number of piperidine rings is 1. The van der Waals surface area contributed by atoms with Crippen LogP contribution < -0.4 is 10.6 Å². The lowest BCUT2D eigenvalue weighted by atomic mass is 9.97. The highest BCUT2D eigenvalue weighted by Gasteiger charge is 2.26. The van der Waals surface area contributed by atoms with Crippen molar-refractivity contribution in [2.24, 2.45) is 4.99 Å². The Labute approximate surface area is 213 Å². The van der Waals surface area contributed by atoms with E-state index >= 15 is 0 Å². The zero-order valence-electron chi connectivity index (χ0n) is 19.2. The average molecular weight is 508 g/mol. The number of carbonyl (C=O) groups is 2. The predicted molar refractivity (Wildman–Crippen MR) is 140 cm³/mol. The molecule has 2 amide bonds. The number of nitrogens with zero attached hydrogens (tertiary/aromatic N) is 3. The smallest absolute Gasteiger partial charge is 0.275 e. The van der Waals surface area contributed by atoms with Crippen LogP contribution in [0.5, 0.6) is 0 Å². The normalized spacial score (nSPS) is 16.0. The van der Waals surface area contributed by atoms with E-state index < -0.39 is 0 Å². The Kier molecular flexibility index (Phi) is 7.11. The van der Waals surface area contributed by atoms with Crippen molar-refractivity contribution >= 4 is 46.3 Å². The molecule has 0 saturated carbocycles. The minimum absolute atomic E-state index is 0.0942. The number of amidine groups is 1. The van der Waals surface area contributed by atoms with E-state index in [2.05, 4.69) is 20.6 Å². The van der Waals surface area contributed by atoms with E-state index in [0.717, 1.165) is 47.9 Å². The maximum absolute atomic E-state index is 12.8. The third kappa shape index (κ3) is 5.55. The molecule has 35 heavy (non-hydrogen) atoms. The van der Waals surface area contributed by atoms with Crippen molar-refractivity contribution in [3.05, 3.63) is 80.8 Å². The Morgan fingerprint density at radius 1 is 1.14 bits per heavy atom. The number of rotatable bonds is 6. The molecule has 1 aromatic heterocycles. The van der Waals surface area contributed by atoms with E-state index in [-0.39, 0.29) is 17.7 Å². The van der Waals surface area contributed by atoms with Gasteiger partial charge in [-0.3, -0.25) is 14.6 Å². The molecule has 180 valence electrons. The number of carbonyl (C=O) groups excluding carboxylic acids is 2. The van der Waals surface area contributed by atoms with Gasteiger partial charge in [-0.25, -0.2) is 4.98 Å².